The largest absolute Gasteiger partial charge is 0.361 e. The molecule has 3 N–H and O–H groups in total. The van der Waals surface area contributed by atoms with E-state index in [1.807, 2.05) is 31.2 Å². The number of rotatable bonds is 0. The summed E-state index contributed by atoms with van der Waals surface area (Å²) in [4.78, 5) is 0. The molecule has 2 rings (SSSR count). The fourth-order valence-electron chi connectivity index (χ4n) is 1.52. The number of fused-ring (bicyclic) bond motifs is 1. The van der Waals surface area contributed by atoms with Crippen LogP contribution in [0, 0.1) is 0 Å². The molecule has 0 radical (unpaired) electrons. The molecule has 1 aromatic carbocycles. The van der Waals surface area contributed by atoms with Gasteiger partial charge in [0.25, 0.3) is 0 Å². The Bertz CT molecular complexity index is 288. The fraction of sp³-hybridized carbons (Fsp3) is 0.333. The van der Waals surface area contributed by atoms with Crippen LogP contribution in [0.3, 0.4) is 0 Å². The lowest BCUT2D eigenvalue weighted by molar-refractivity contribution is 0.146. The van der Waals surface area contributed by atoms with Gasteiger partial charge >= 0.3 is 0 Å². The van der Waals surface area contributed by atoms with E-state index >= 15 is 0 Å². The molecule has 1 aliphatic heterocycles. The summed E-state index contributed by atoms with van der Waals surface area (Å²) in [5.41, 5.74) is 2.21. The molecule has 2 unspecified atom stereocenters. The van der Waals surface area contributed by atoms with Crippen molar-refractivity contribution in [3.63, 3.8) is 0 Å². The molecular weight excluding hydrogens is 152 g/mol. The summed E-state index contributed by atoms with van der Waals surface area (Å²) in [7, 11) is 0. The minimum Gasteiger partial charge on any atom is -0.361 e. The number of hydrogen-bond acceptors (Lipinski definition) is 3. The molecule has 0 saturated heterocycles. The van der Waals surface area contributed by atoms with E-state index in [1.54, 1.807) is 0 Å². The van der Waals surface area contributed by atoms with Crippen LogP contribution in [0.25, 0.3) is 0 Å². The second kappa shape index (κ2) is 2.77. The Morgan fingerprint density at radius 1 is 1.33 bits per heavy atom. The molecule has 0 fully saturated rings. The van der Waals surface area contributed by atoms with Gasteiger partial charge in [0.05, 0.1) is 0 Å². The van der Waals surface area contributed by atoms with Crippen molar-refractivity contribution in [1.29, 1.82) is 0 Å². The normalized spacial score (nSPS) is 27.5. The molecule has 0 aromatic heterocycles. The lowest BCUT2D eigenvalue weighted by Gasteiger charge is -2.29. The third-order valence-corrected chi connectivity index (χ3v) is 2.13. The Hall–Kier alpha value is -1.06. The van der Waals surface area contributed by atoms with Crippen LogP contribution < -0.4 is 10.6 Å². The van der Waals surface area contributed by atoms with Crippen molar-refractivity contribution >= 4 is 5.69 Å². The molecule has 2 atom stereocenters. The molecule has 3 nitrogen and oxygen atoms in total. The van der Waals surface area contributed by atoms with Gasteiger partial charge in [0.2, 0.25) is 0 Å². The van der Waals surface area contributed by atoms with E-state index in [1.165, 1.54) is 5.56 Å². The molecule has 3 heteroatoms. The van der Waals surface area contributed by atoms with Crippen molar-refractivity contribution in [2.45, 2.75) is 19.3 Å². The Balaban J connectivity index is 2.40. The van der Waals surface area contributed by atoms with Crippen LogP contribution in [0.5, 0.6) is 0 Å². The van der Waals surface area contributed by atoms with Gasteiger partial charge in [-0.2, -0.15) is 0 Å². The van der Waals surface area contributed by atoms with E-state index in [2.05, 4.69) is 10.6 Å². The summed E-state index contributed by atoms with van der Waals surface area (Å²) < 4.78 is 0. The summed E-state index contributed by atoms with van der Waals surface area (Å²) >= 11 is 0. The van der Waals surface area contributed by atoms with Crippen LogP contribution in [0.4, 0.5) is 5.69 Å². The van der Waals surface area contributed by atoms with Crippen LogP contribution >= 0.6 is 0 Å². The summed E-state index contributed by atoms with van der Waals surface area (Å²) in [5.74, 6) is 0. The van der Waals surface area contributed by atoms with Gasteiger partial charge in [-0.1, -0.05) is 18.2 Å². The van der Waals surface area contributed by atoms with Gasteiger partial charge in [-0.3, -0.25) is 5.32 Å². The summed E-state index contributed by atoms with van der Waals surface area (Å²) in [6.07, 6.45) is -0.630. The highest BCUT2D eigenvalue weighted by Gasteiger charge is 2.19. The number of benzene rings is 1. The average Bonchev–Trinajstić information content (AvgIpc) is 2.04. The maximum absolute atomic E-state index is 9.30. The standard InChI is InChI=1S/C9H12N2O/c1-6-7-4-2-3-5-8(7)11-9(12)10-6/h2-6,9-12H,1H3. The Labute approximate surface area is 71.4 Å². The average molecular weight is 164 g/mol. The predicted molar refractivity (Wildman–Crippen MR) is 47.6 cm³/mol. The van der Waals surface area contributed by atoms with Gasteiger partial charge in [-0.25, -0.2) is 0 Å². The lowest BCUT2D eigenvalue weighted by atomic mass is 10.0. The molecule has 1 aromatic rings. The quantitative estimate of drug-likeness (QED) is 0.536. The van der Waals surface area contributed by atoms with Crippen molar-refractivity contribution < 1.29 is 5.11 Å². The van der Waals surface area contributed by atoms with Crippen molar-refractivity contribution in [2.75, 3.05) is 5.32 Å². The smallest absolute Gasteiger partial charge is 0.181 e. The van der Waals surface area contributed by atoms with E-state index in [0.717, 1.165) is 5.69 Å². The number of aliphatic hydroxyl groups excluding tert-OH is 1. The first-order chi connectivity index (χ1) is 5.77. The van der Waals surface area contributed by atoms with Crippen LogP contribution in [0.2, 0.25) is 0 Å². The van der Waals surface area contributed by atoms with E-state index in [9.17, 15) is 5.11 Å². The van der Waals surface area contributed by atoms with Crippen molar-refractivity contribution in [3.8, 4) is 0 Å². The highest BCUT2D eigenvalue weighted by atomic mass is 16.3. The third kappa shape index (κ3) is 1.17. The van der Waals surface area contributed by atoms with E-state index < -0.39 is 6.35 Å². The first-order valence-electron chi connectivity index (χ1n) is 4.07. The van der Waals surface area contributed by atoms with Crippen LogP contribution in [0.15, 0.2) is 24.3 Å². The maximum Gasteiger partial charge on any atom is 0.181 e. The van der Waals surface area contributed by atoms with E-state index in [-0.39, 0.29) is 6.04 Å². The molecule has 0 bridgehead atoms. The maximum atomic E-state index is 9.30. The molecular formula is C9H12N2O. The molecule has 0 amide bonds. The second-order valence-corrected chi connectivity index (χ2v) is 3.02. The van der Waals surface area contributed by atoms with Crippen LogP contribution in [-0.4, -0.2) is 11.5 Å². The second-order valence-electron chi connectivity index (χ2n) is 3.02. The zero-order valence-electron chi connectivity index (χ0n) is 6.91. The topological polar surface area (TPSA) is 44.3 Å². The summed E-state index contributed by atoms with van der Waals surface area (Å²) in [6, 6.07) is 8.17. The van der Waals surface area contributed by atoms with E-state index in [4.69, 9.17) is 0 Å². The lowest BCUT2D eigenvalue weighted by Crippen LogP contribution is -2.41. The molecule has 64 valence electrons. The molecule has 0 aliphatic carbocycles. The zero-order valence-corrected chi connectivity index (χ0v) is 6.91. The Kier molecular flexibility index (Phi) is 1.75. The number of anilines is 1. The van der Waals surface area contributed by atoms with Crippen LogP contribution in [0.1, 0.15) is 18.5 Å². The van der Waals surface area contributed by atoms with Crippen molar-refractivity contribution in [2.24, 2.45) is 0 Å². The van der Waals surface area contributed by atoms with Crippen LogP contribution in [-0.2, 0) is 0 Å². The van der Waals surface area contributed by atoms with Gasteiger partial charge < -0.3 is 10.4 Å². The predicted octanol–water partition coefficient (Wildman–Crippen LogP) is 1.04. The summed E-state index contributed by atoms with van der Waals surface area (Å²) in [5, 5.41) is 15.2. The van der Waals surface area contributed by atoms with Gasteiger partial charge in [0.1, 0.15) is 0 Å². The van der Waals surface area contributed by atoms with Gasteiger partial charge in [-0.15, -0.1) is 0 Å². The molecule has 1 aliphatic rings. The van der Waals surface area contributed by atoms with Crippen molar-refractivity contribution in [3.05, 3.63) is 29.8 Å². The zero-order chi connectivity index (χ0) is 8.55. The number of para-hydroxylation sites is 1. The molecule has 0 saturated carbocycles. The van der Waals surface area contributed by atoms with Gasteiger partial charge in [-0.05, 0) is 18.6 Å². The van der Waals surface area contributed by atoms with Gasteiger partial charge in [0, 0.05) is 11.7 Å². The summed E-state index contributed by atoms with van der Waals surface area (Å²) in [6.45, 7) is 2.03. The highest BCUT2D eigenvalue weighted by molar-refractivity contribution is 5.54. The third-order valence-electron chi connectivity index (χ3n) is 2.13. The van der Waals surface area contributed by atoms with Crippen molar-refractivity contribution in [1.82, 2.24) is 5.32 Å². The Morgan fingerprint density at radius 2 is 2.08 bits per heavy atom. The monoisotopic (exact) mass is 164 g/mol. The molecule has 0 spiro atoms. The number of aliphatic hydroxyl groups is 1. The molecule has 12 heavy (non-hydrogen) atoms. The number of hydrogen-bond donors (Lipinski definition) is 3. The SMILES string of the molecule is CC1NC(O)Nc2ccccc21. The first-order valence-corrected chi connectivity index (χ1v) is 4.07. The Morgan fingerprint density at radius 3 is 2.92 bits per heavy atom. The molecule has 1 heterocycles. The number of nitrogens with one attached hydrogen (secondary N) is 2. The first kappa shape index (κ1) is 7.58. The minimum atomic E-state index is -0.630. The van der Waals surface area contributed by atoms with Gasteiger partial charge in [0.15, 0.2) is 6.35 Å². The van der Waals surface area contributed by atoms with E-state index in [0.29, 0.717) is 0 Å². The fourth-order valence-corrected chi connectivity index (χ4v) is 1.52. The highest BCUT2D eigenvalue weighted by Crippen LogP contribution is 2.26. The minimum absolute atomic E-state index is 0.206.